The van der Waals surface area contributed by atoms with Gasteiger partial charge in [-0.1, -0.05) is 86.3 Å². The van der Waals surface area contributed by atoms with Crippen molar-refractivity contribution in [3.05, 3.63) is 88.0 Å². The van der Waals surface area contributed by atoms with Gasteiger partial charge in [0, 0.05) is 22.0 Å². The van der Waals surface area contributed by atoms with Crippen molar-refractivity contribution in [1.29, 1.82) is 0 Å². The second kappa shape index (κ2) is 9.44. The molecule has 7 heteroatoms. The fourth-order valence-electron chi connectivity index (χ4n) is 3.91. The van der Waals surface area contributed by atoms with Crippen LogP contribution in [0.15, 0.2) is 82.1 Å². The van der Waals surface area contributed by atoms with Gasteiger partial charge in [-0.05, 0) is 28.5 Å². The van der Waals surface area contributed by atoms with Crippen molar-refractivity contribution in [2.45, 2.75) is 24.9 Å². The molecule has 0 saturated carbocycles. The van der Waals surface area contributed by atoms with Crippen LogP contribution in [-0.2, 0) is 4.79 Å². The maximum absolute atomic E-state index is 12.9. The van der Waals surface area contributed by atoms with Crippen LogP contribution in [0.4, 0.5) is 5.69 Å². The molecule has 3 aromatic carbocycles. The molecule has 0 aliphatic carbocycles. The molecule has 0 atom stereocenters. The van der Waals surface area contributed by atoms with E-state index >= 15 is 0 Å². The lowest BCUT2D eigenvalue weighted by atomic mass is 9.99. The first-order valence-electron chi connectivity index (χ1n) is 11.0. The summed E-state index contributed by atoms with van der Waals surface area (Å²) in [4.78, 5) is 33.6. The van der Waals surface area contributed by atoms with Crippen LogP contribution in [-0.4, -0.2) is 21.6 Å². The number of carbonyl (C=O) groups excluding carboxylic acids is 1. The van der Waals surface area contributed by atoms with Gasteiger partial charge in [-0.3, -0.25) is 9.59 Å². The Bertz CT molecular complexity index is 1550. The second-order valence-electron chi connectivity index (χ2n) is 8.34. The van der Waals surface area contributed by atoms with E-state index in [1.807, 2.05) is 47.8 Å². The monoisotopic (exact) mass is 485 g/mol. The fraction of sp³-hybridized carbons (Fsp3) is 0.148. The van der Waals surface area contributed by atoms with E-state index in [0.29, 0.717) is 21.3 Å². The number of benzene rings is 3. The molecule has 0 spiro atoms. The van der Waals surface area contributed by atoms with Crippen LogP contribution in [0.1, 0.15) is 25.3 Å². The number of anilines is 1. The van der Waals surface area contributed by atoms with Gasteiger partial charge in [-0.15, -0.1) is 11.3 Å². The normalized spacial score (nSPS) is 11.4. The quantitative estimate of drug-likeness (QED) is 0.208. The summed E-state index contributed by atoms with van der Waals surface area (Å²) in [5.41, 5.74) is 3.72. The highest BCUT2D eigenvalue weighted by Crippen LogP contribution is 2.32. The highest BCUT2D eigenvalue weighted by molar-refractivity contribution is 7.99. The van der Waals surface area contributed by atoms with E-state index in [0.717, 1.165) is 27.6 Å². The van der Waals surface area contributed by atoms with E-state index < -0.39 is 0 Å². The largest absolute Gasteiger partial charge is 0.325 e. The minimum atomic E-state index is -0.189. The van der Waals surface area contributed by atoms with Crippen molar-refractivity contribution >= 4 is 55.7 Å². The average Bonchev–Trinajstić information content (AvgIpc) is 3.28. The Morgan fingerprint density at radius 3 is 2.62 bits per heavy atom. The Balaban J connectivity index is 1.33. The zero-order chi connectivity index (χ0) is 23.7. The Hall–Kier alpha value is -3.42. The maximum Gasteiger partial charge on any atom is 0.260 e. The van der Waals surface area contributed by atoms with E-state index in [1.165, 1.54) is 28.7 Å². The predicted molar refractivity (Wildman–Crippen MR) is 143 cm³/mol. The van der Waals surface area contributed by atoms with Gasteiger partial charge in [0.15, 0.2) is 5.16 Å². The number of rotatable bonds is 6. The number of aromatic amines is 1. The minimum absolute atomic E-state index is 0.145. The molecule has 0 aliphatic heterocycles. The van der Waals surface area contributed by atoms with E-state index in [2.05, 4.69) is 53.4 Å². The van der Waals surface area contributed by atoms with Crippen LogP contribution in [0, 0.1) is 0 Å². The molecule has 5 aromatic rings. The van der Waals surface area contributed by atoms with Gasteiger partial charge < -0.3 is 10.3 Å². The Morgan fingerprint density at radius 1 is 1.06 bits per heavy atom. The van der Waals surface area contributed by atoms with Crippen LogP contribution in [0.2, 0.25) is 0 Å². The number of hydrogen-bond donors (Lipinski definition) is 2. The Labute approximate surface area is 205 Å². The molecule has 5 rings (SSSR count). The zero-order valence-corrected chi connectivity index (χ0v) is 20.4. The predicted octanol–water partition coefficient (Wildman–Crippen LogP) is 6.66. The van der Waals surface area contributed by atoms with Crippen molar-refractivity contribution in [2.75, 3.05) is 11.1 Å². The third-order valence-electron chi connectivity index (χ3n) is 5.71. The van der Waals surface area contributed by atoms with Crippen molar-refractivity contribution in [1.82, 2.24) is 9.97 Å². The number of nitrogens with zero attached hydrogens (tertiary/aromatic N) is 1. The molecule has 2 aromatic heterocycles. The topological polar surface area (TPSA) is 74.8 Å². The highest BCUT2D eigenvalue weighted by atomic mass is 32.2. The third-order valence-corrected chi connectivity index (χ3v) is 7.46. The van der Waals surface area contributed by atoms with Crippen molar-refractivity contribution in [3.8, 4) is 11.1 Å². The Morgan fingerprint density at radius 2 is 1.82 bits per heavy atom. The minimum Gasteiger partial charge on any atom is -0.325 e. The molecule has 170 valence electrons. The molecule has 1 amide bonds. The maximum atomic E-state index is 12.9. The molecule has 0 fully saturated rings. The second-order valence-corrected chi connectivity index (χ2v) is 10.2. The molecule has 2 heterocycles. The fourth-order valence-corrected chi connectivity index (χ4v) is 5.58. The molecule has 5 nitrogen and oxygen atoms in total. The van der Waals surface area contributed by atoms with Gasteiger partial charge in [-0.25, -0.2) is 4.98 Å². The van der Waals surface area contributed by atoms with E-state index in [9.17, 15) is 9.59 Å². The summed E-state index contributed by atoms with van der Waals surface area (Å²) in [6.45, 7) is 4.32. The van der Waals surface area contributed by atoms with Crippen LogP contribution >= 0.6 is 23.1 Å². The van der Waals surface area contributed by atoms with Gasteiger partial charge in [-0.2, -0.15) is 0 Å². The first kappa shape index (κ1) is 22.4. The first-order chi connectivity index (χ1) is 16.5. The summed E-state index contributed by atoms with van der Waals surface area (Å²) in [5, 5.41) is 8.02. The number of aromatic nitrogens is 2. The van der Waals surface area contributed by atoms with E-state index in [4.69, 9.17) is 0 Å². The molecule has 0 unspecified atom stereocenters. The number of nitrogens with one attached hydrogen (secondary N) is 2. The summed E-state index contributed by atoms with van der Waals surface area (Å²) in [6, 6.07) is 22.0. The molecule has 0 radical (unpaired) electrons. The average molecular weight is 486 g/mol. The molecule has 34 heavy (non-hydrogen) atoms. The SMILES string of the molecule is CC(C)c1ccc(-c2csc3nc(SCC(=O)Nc4cccc5ccccc45)[nH]c(=O)c23)cc1. The van der Waals surface area contributed by atoms with Crippen molar-refractivity contribution < 1.29 is 4.79 Å². The molecule has 2 N–H and O–H groups in total. The lowest BCUT2D eigenvalue weighted by Crippen LogP contribution is -2.15. The van der Waals surface area contributed by atoms with Gasteiger partial charge >= 0.3 is 0 Å². The van der Waals surface area contributed by atoms with Crippen molar-refractivity contribution in [3.63, 3.8) is 0 Å². The highest BCUT2D eigenvalue weighted by Gasteiger charge is 2.15. The summed E-state index contributed by atoms with van der Waals surface area (Å²) in [6.07, 6.45) is 0. The molecule has 0 saturated heterocycles. The number of thiophene rings is 1. The third kappa shape index (κ3) is 4.49. The van der Waals surface area contributed by atoms with Crippen LogP contribution in [0.3, 0.4) is 0 Å². The van der Waals surface area contributed by atoms with Gasteiger partial charge in [0.2, 0.25) is 5.91 Å². The van der Waals surface area contributed by atoms with Crippen LogP contribution in [0.25, 0.3) is 32.1 Å². The standard InChI is InChI=1S/C27H23N3O2S2/c1-16(2)17-10-12-19(13-11-17)21-14-33-26-24(21)25(32)29-27(30-26)34-15-23(31)28-22-9-5-7-18-6-3-4-8-20(18)22/h3-14,16H,15H2,1-2H3,(H,28,31)(H,29,30,32). The lowest BCUT2D eigenvalue weighted by molar-refractivity contribution is -0.113. The summed E-state index contributed by atoms with van der Waals surface area (Å²) in [5.74, 6) is 0.448. The smallest absolute Gasteiger partial charge is 0.260 e. The number of thioether (sulfide) groups is 1. The van der Waals surface area contributed by atoms with E-state index in [-0.39, 0.29) is 17.2 Å². The summed E-state index contributed by atoms with van der Waals surface area (Å²) in [7, 11) is 0. The number of fused-ring (bicyclic) bond motifs is 2. The Kier molecular flexibility index (Phi) is 6.22. The number of amides is 1. The zero-order valence-electron chi connectivity index (χ0n) is 18.8. The summed E-state index contributed by atoms with van der Waals surface area (Å²) >= 11 is 2.66. The molecular weight excluding hydrogens is 462 g/mol. The molecular formula is C27H23N3O2S2. The van der Waals surface area contributed by atoms with Gasteiger partial charge in [0.25, 0.3) is 5.56 Å². The lowest BCUT2D eigenvalue weighted by Gasteiger charge is -2.08. The summed E-state index contributed by atoms with van der Waals surface area (Å²) < 4.78 is 0. The number of H-pyrrole nitrogens is 1. The van der Waals surface area contributed by atoms with Gasteiger partial charge in [0.1, 0.15) is 4.83 Å². The van der Waals surface area contributed by atoms with E-state index in [1.54, 1.807) is 0 Å². The molecule has 0 aliphatic rings. The molecule has 0 bridgehead atoms. The van der Waals surface area contributed by atoms with Crippen LogP contribution < -0.4 is 10.9 Å². The number of hydrogen-bond acceptors (Lipinski definition) is 5. The first-order valence-corrected chi connectivity index (χ1v) is 12.9. The van der Waals surface area contributed by atoms with Gasteiger partial charge in [0.05, 0.1) is 11.1 Å². The van der Waals surface area contributed by atoms with Crippen LogP contribution in [0.5, 0.6) is 0 Å². The van der Waals surface area contributed by atoms with Crippen molar-refractivity contribution in [2.24, 2.45) is 0 Å². The number of carbonyl (C=O) groups is 1.